The minimum atomic E-state index is 0.610. The van der Waals surface area contributed by atoms with Crippen LogP contribution in [0.3, 0.4) is 0 Å². The Morgan fingerprint density at radius 1 is 1.12 bits per heavy atom. The number of nitrogens with zero attached hydrogens (tertiary/aromatic N) is 4. The molecule has 3 aromatic heterocycles. The molecule has 0 fully saturated rings. The second kappa shape index (κ2) is 5.33. The van der Waals surface area contributed by atoms with E-state index in [2.05, 4.69) is 58.3 Å². The third-order valence-corrected chi connectivity index (χ3v) is 4.48. The van der Waals surface area contributed by atoms with E-state index in [-0.39, 0.29) is 0 Å². The number of benzene rings is 1. The highest BCUT2D eigenvalue weighted by atomic mass is 15.3. The number of anilines is 1. The topological polar surface area (TPSA) is 70.9 Å². The highest BCUT2D eigenvalue weighted by molar-refractivity contribution is 5.88. The van der Waals surface area contributed by atoms with E-state index in [0.717, 1.165) is 11.5 Å². The molecule has 3 heterocycles. The van der Waals surface area contributed by atoms with E-state index in [4.69, 9.17) is 0 Å². The quantitative estimate of drug-likeness (QED) is 0.606. The fraction of sp³-hybridized carbons (Fsp3) is 0.278. The van der Waals surface area contributed by atoms with Gasteiger partial charge in [-0.05, 0) is 44.9 Å². The molecule has 0 bridgehead atoms. The van der Waals surface area contributed by atoms with Gasteiger partial charge in [0.15, 0.2) is 0 Å². The van der Waals surface area contributed by atoms with Crippen molar-refractivity contribution in [2.45, 2.75) is 34.2 Å². The number of hydrogen-bond donors (Lipinski definition) is 2. The van der Waals surface area contributed by atoms with Gasteiger partial charge < -0.3 is 10.3 Å². The molecule has 0 aliphatic carbocycles. The summed E-state index contributed by atoms with van der Waals surface area (Å²) in [5.41, 5.74) is 7.15. The van der Waals surface area contributed by atoms with Gasteiger partial charge in [-0.3, -0.25) is 0 Å². The van der Waals surface area contributed by atoms with Crippen LogP contribution in [-0.4, -0.2) is 24.6 Å². The van der Waals surface area contributed by atoms with Crippen molar-refractivity contribution >= 4 is 22.5 Å². The zero-order valence-corrected chi connectivity index (χ0v) is 14.3. The van der Waals surface area contributed by atoms with Crippen LogP contribution in [-0.2, 0) is 6.54 Å². The van der Waals surface area contributed by atoms with Gasteiger partial charge in [-0.15, -0.1) is 0 Å². The van der Waals surface area contributed by atoms with E-state index in [1.807, 2.05) is 13.0 Å². The second-order valence-corrected chi connectivity index (χ2v) is 6.33. The molecule has 4 aromatic rings. The molecule has 0 aliphatic heterocycles. The van der Waals surface area contributed by atoms with Crippen LogP contribution in [0, 0.1) is 27.7 Å². The summed E-state index contributed by atoms with van der Waals surface area (Å²) in [7, 11) is 0. The summed E-state index contributed by atoms with van der Waals surface area (Å²) < 4.78 is 1.73. The first-order valence-corrected chi connectivity index (χ1v) is 8.02. The Hall–Kier alpha value is -2.89. The molecule has 6 nitrogen and oxygen atoms in total. The maximum absolute atomic E-state index is 4.37. The smallest absolute Gasteiger partial charge is 0.254 e. The molecule has 6 heteroatoms. The fourth-order valence-electron chi connectivity index (χ4n) is 3.17. The van der Waals surface area contributed by atoms with Gasteiger partial charge in [0.25, 0.3) is 5.78 Å². The normalized spacial score (nSPS) is 11.5. The minimum absolute atomic E-state index is 0.610. The first-order valence-electron chi connectivity index (χ1n) is 8.02. The molecule has 24 heavy (non-hydrogen) atoms. The Labute approximate surface area is 139 Å². The standard InChI is InChI=1S/C18H20N6/c1-10-5-14(17-15(6-10)12(3)13(4)23-17)8-19-16-7-11(2)22-18-20-9-21-24(16)18/h5-7,9,19,23H,8H2,1-4H3. The summed E-state index contributed by atoms with van der Waals surface area (Å²) in [6, 6.07) is 6.45. The number of rotatable bonds is 3. The van der Waals surface area contributed by atoms with Crippen LogP contribution in [0.15, 0.2) is 24.5 Å². The molecule has 2 N–H and O–H groups in total. The molecule has 0 amide bonds. The maximum atomic E-state index is 4.37. The van der Waals surface area contributed by atoms with Gasteiger partial charge in [0.05, 0.1) is 5.52 Å². The van der Waals surface area contributed by atoms with E-state index >= 15 is 0 Å². The summed E-state index contributed by atoms with van der Waals surface area (Å²) in [5, 5.41) is 9.02. The average Bonchev–Trinajstić information content (AvgIpc) is 3.11. The number of fused-ring (bicyclic) bond motifs is 2. The van der Waals surface area contributed by atoms with Gasteiger partial charge in [0.2, 0.25) is 0 Å². The van der Waals surface area contributed by atoms with Crippen LogP contribution in [0.5, 0.6) is 0 Å². The molecule has 0 saturated heterocycles. The lowest BCUT2D eigenvalue weighted by molar-refractivity contribution is 0.917. The van der Waals surface area contributed by atoms with Gasteiger partial charge in [-0.2, -0.15) is 14.6 Å². The second-order valence-electron chi connectivity index (χ2n) is 6.33. The molecule has 4 rings (SSSR count). The predicted molar refractivity (Wildman–Crippen MR) is 95.4 cm³/mol. The van der Waals surface area contributed by atoms with Crippen LogP contribution in [0.2, 0.25) is 0 Å². The number of H-pyrrole nitrogens is 1. The summed E-state index contributed by atoms with van der Waals surface area (Å²) in [4.78, 5) is 12.1. The van der Waals surface area contributed by atoms with E-state index in [1.165, 1.54) is 39.6 Å². The largest absolute Gasteiger partial charge is 0.366 e. The summed E-state index contributed by atoms with van der Waals surface area (Å²) in [6.45, 7) is 9.08. The van der Waals surface area contributed by atoms with Crippen molar-refractivity contribution in [3.8, 4) is 0 Å². The molecule has 0 unspecified atom stereocenters. The minimum Gasteiger partial charge on any atom is -0.366 e. The van der Waals surface area contributed by atoms with Gasteiger partial charge >= 0.3 is 0 Å². The zero-order chi connectivity index (χ0) is 16.8. The van der Waals surface area contributed by atoms with Crippen molar-refractivity contribution in [1.29, 1.82) is 0 Å². The van der Waals surface area contributed by atoms with Gasteiger partial charge in [-0.25, -0.2) is 4.98 Å². The third-order valence-electron chi connectivity index (χ3n) is 4.48. The third kappa shape index (κ3) is 2.31. The van der Waals surface area contributed by atoms with Crippen molar-refractivity contribution < 1.29 is 0 Å². The van der Waals surface area contributed by atoms with Crippen molar-refractivity contribution in [3.05, 3.63) is 52.6 Å². The first-order chi connectivity index (χ1) is 11.5. The van der Waals surface area contributed by atoms with Crippen LogP contribution in [0.4, 0.5) is 5.82 Å². The van der Waals surface area contributed by atoms with E-state index < -0.39 is 0 Å². The molecule has 122 valence electrons. The monoisotopic (exact) mass is 320 g/mol. The number of nitrogens with one attached hydrogen (secondary N) is 2. The molecule has 0 radical (unpaired) electrons. The lowest BCUT2D eigenvalue weighted by Crippen LogP contribution is -2.07. The lowest BCUT2D eigenvalue weighted by atomic mass is 10.0. The number of hydrogen-bond acceptors (Lipinski definition) is 4. The Morgan fingerprint density at radius 2 is 1.96 bits per heavy atom. The highest BCUT2D eigenvalue weighted by Crippen LogP contribution is 2.26. The fourth-order valence-corrected chi connectivity index (χ4v) is 3.17. The predicted octanol–water partition coefficient (Wildman–Crippen LogP) is 3.45. The van der Waals surface area contributed by atoms with Crippen LogP contribution < -0.4 is 5.32 Å². The molecule has 0 spiro atoms. The Morgan fingerprint density at radius 3 is 2.79 bits per heavy atom. The molecular formula is C18H20N6. The Balaban J connectivity index is 1.74. The van der Waals surface area contributed by atoms with Crippen LogP contribution >= 0.6 is 0 Å². The number of aryl methyl sites for hydroxylation is 4. The van der Waals surface area contributed by atoms with Gasteiger partial charge in [0.1, 0.15) is 12.1 Å². The van der Waals surface area contributed by atoms with E-state index in [9.17, 15) is 0 Å². The number of aromatic amines is 1. The Kier molecular flexibility index (Phi) is 3.26. The van der Waals surface area contributed by atoms with Crippen molar-refractivity contribution in [1.82, 2.24) is 24.6 Å². The average molecular weight is 320 g/mol. The molecular weight excluding hydrogens is 300 g/mol. The SMILES string of the molecule is Cc1cc(CNc2cc(C)nc3ncnn23)c2[nH]c(C)c(C)c2c1. The molecule has 0 saturated carbocycles. The van der Waals surface area contributed by atoms with Crippen LogP contribution in [0.1, 0.15) is 28.1 Å². The van der Waals surface area contributed by atoms with Crippen molar-refractivity contribution in [2.75, 3.05) is 5.32 Å². The van der Waals surface area contributed by atoms with Crippen LogP contribution in [0.25, 0.3) is 16.7 Å². The van der Waals surface area contributed by atoms with Crippen molar-refractivity contribution in [3.63, 3.8) is 0 Å². The summed E-state index contributed by atoms with van der Waals surface area (Å²) in [6.07, 6.45) is 1.52. The van der Waals surface area contributed by atoms with Gasteiger partial charge in [-0.1, -0.05) is 11.6 Å². The van der Waals surface area contributed by atoms with Gasteiger partial charge in [0, 0.05) is 29.4 Å². The highest BCUT2D eigenvalue weighted by Gasteiger charge is 2.11. The Bertz CT molecular complexity index is 1060. The molecule has 0 aliphatic rings. The van der Waals surface area contributed by atoms with Crippen molar-refractivity contribution in [2.24, 2.45) is 0 Å². The van der Waals surface area contributed by atoms with E-state index in [0.29, 0.717) is 12.3 Å². The molecule has 1 aromatic carbocycles. The maximum Gasteiger partial charge on any atom is 0.254 e. The number of aromatic nitrogens is 5. The first kappa shape index (κ1) is 14.7. The summed E-state index contributed by atoms with van der Waals surface area (Å²) in [5.74, 6) is 1.50. The molecule has 0 atom stereocenters. The summed E-state index contributed by atoms with van der Waals surface area (Å²) >= 11 is 0. The lowest BCUT2D eigenvalue weighted by Gasteiger charge is -2.10. The zero-order valence-electron chi connectivity index (χ0n) is 14.3. The van der Waals surface area contributed by atoms with E-state index in [1.54, 1.807) is 4.52 Å².